The number of unbranched alkanes of at least 4 members (excludes halogenated alkanes) is 1. The Labute approximate surface area is 173 Å². The Morgan fingerprint density at radius 1 is 1.11 bits per heavy atom. The van der Waals surface area contributed by atoms with Crippen LogP contribution in [0.3, 0.4) is 0 Å². The van der Waals surface area contributed by atoms with Crippen LogP contribution in [0.4, 0.5) is 0 Å². The van der Waals surface area contributed by atoms with Crippen LogP contribution in [0.25, 0.3) is 0 Å². The van der Waals surface area contributed by atoms with Gasteiger partial charge in [-0.25, -0.2) is 5.43 Å². The highest BCUT2D eigenvalue weighted by Crippen LogP contribution is 2.22. The van der Waals surface area contributed by atoms with Crippen molar-refractivity contribution in [3.05, 3.63) is 63.6 Å². The summed E-state index contributed by atoms with van der Waals surface area (Å²) in [5.74, 6) is -0.0970. The number of carbonyl (C=O) groups is 2. The minimum Gasteiger partial charge on any atom is -0.494 e. The molecule has 0 fully saturated rings. The van der Waals surface area contributed by atoms with Crippen molar-refractivity contribution in [3.63, 3.8) is 0 Å². The minimum atomic E-state index is -0.454. The van der Waals surface area contributed by atoms with Gasteiger partial charge in [0.1, 0.15) is 5.75 Å². The van der Waals surface area contributed by atoms with Crippen molar-refractivity contribution in [1.82, 2.24) is 10.7 Å². The van der Waals surface area contributed by atoms with Gasteiger partial charge in [0.05, 0.1) is 29.4 Å². The summed E-state index contributed by atoms with van der Waals surface area (Å²) in [6.07, 6.45) is 3.60. The largest absolute Gasteiger partial charge is 0.494 e. The van der Waals surface area contributed by atoms with Crippen LogP contribution in [-0.2, 0) is 4.79 Å². The monoisotopic (exact) mass is 421 g/mol. The van der Waals surface area contributed by atoms with E-state index in [-0.39, 0.29) is 11.6 Å². The average molecular weight is 422 g/mol. The topological polar surface area (TPSA) is 79.8 Å². The summed E-state index contributed by atoms with van der Waals surface area (Å²) < 4.78 is 5.58. The Kier molecular flexibility index (Phi) is 8.78. The van der Waals surface area contributed by atoms with Gasteiger partial charge in [0.25, 0.3) is 11.8 Å². The molecular formula is C20H21Cl2N3O3. The molecule has 2 aromatic rings. The molecule has 2 amide bonds. The molecule has 0 heterocycles. The van der Waals surface area contributed by atoms with Gasteiger partial charge in [0.15, 0.2) is 0 Å². The third-order valence-corrected chi connectivity index (χ3v) is 4.38. The molecule has 148 valence electrons. The number of carbonyl (C=O) groups excluding carboxylic acids is 2. The molecule has 0 atom stereocenters. The highest BCUT2D eigenvalue weighted by molar-refractivity contribution is 6.42. The second-order valence-corrected chi connectivity index (χ2v) is 6.69. The molecule has 0 aliphatic carbocycles. The predicted octanol–water partition coefficient (Wildman–Crippen LogP) is 4.05. The van der Waals surface area contributed by atoms with Gasteiger partial charge in [-0.3, -0.25) is 9.59 Å². The number of halogens is 2. The fourth-order valence-electron chi connectivity index (χ4n) is 2.10. The third kappa shape index (κ3) is 7.21. The van der Waals surface area contributed by atoms with Crippen molar-refractivity contribution < 1.29 is 14.3 Å². The number of nitrogens with one attached hydrogen (secondary N) is 2. The minimum absolute atomic E-state index is 0.222. The third-order valence-electron chi connectivity index (χ3n) is 3.64. The lowest BCUT2D eigenvalue weighted by Crippen LogP contribution is -2.34. The first-order valence-electron chi connectivity index (χ1n) is 8.77. The van der Waals surface area contributed by atoms with Gasteiger partial charge >= 0.3 is 0 Å². The number of hydrazone groups is 1. The fraction of sp³-hybridized carbons (Fsp3) is 0.250. The van der Waals surface area contributed by atoms with Crippen LogP contribution < -0.4 is 15.5 Å². The van der Waals surface area contributed by atoms with E-state index in [1.54, 1.807) is 0 Å². The van der Waals surface area contributed by atoms with Crippen molar-refractivity contribution in [2.24, 2.45) is 5.10 Å². The lowest BCUT2D eigenvalue weighted by Gasteiger charge is -2.06. The maximum absolute atomic E-state index is 12.0. The van der Waals surface area contributed by atoms with E-state index in [2.05, 4.69) is 22.8 Å². The molecule has 0 spiro atoms. The molecule has 0 saturated carbocycles. The Hall–Kier alpha value is -2.57. The first-order valence-corrected chi connectivity index (χ1v) is 9.53. The van der Waals surface area contributed by atoms with E-state index in [4.69, 9.17) is 27.9 Å². The molecule has 0 unspecified atom stereocenters. The van der Waals surface area contributed by atoms with Crippen LogP contribution in [-0.4, -0.2) is 31.2 Å². The summed E-state index contributed by atoms with van der Waals surface area (Å²) in [4.78, 5) is 23.8. The number of benzene rings is 2. The Bertz CT molecular complexity index is 839. The Morgan fingerprint density at radius 3 is 2.54 bits per heavy atom. The first kappa shape index (κ1) is 21.7. The van der Waals surface area contributed by atoms with Gasteiger partial charge in [0.2, 0.25) is 0 Å². The normalized spacial score (nSPS) is 10.7. The molecule has 2 N–H and O–H groups in total. The molecule has 6 nitrogen and oxygen atoms in total. The molecular weight excluding hydrogens is 401 g/mol. The van der Waals surface area contributed by atoms with Crippen LogP contribution in [0, 0.1) is 0 Å². The average Bonchev–Trinajstić information content (AvgIpc) is 2.69. The highest BCUT2D eigenvalue weighted by Gasteiger charge is 2.09. The van der Waals surface area contributed by atoms with Gasteiger partial charge in [-0.15, -0.1) is 0 Å². The zero-order chi connectivity index (χ0) is 20.4. The number of hydrogen-bond acceptors (Lipinski definition) is 4. The van der Waals surface area contributed by atoms with Gasteiger partial charge in [-0.1, -0.05) is 36.5 Å². The number of hydrogen-bond donors (Lipinski definition) is 2. The molecule has 0 bridgehead atoms. The summed E-state index contributed by atoms with van der Waals surface area (Å²) in [7, 11) is 0. The Balaban J connectivity index is 1.75. The SMILES string of the molecule is CCCCOc1ccc(C=NNC(=O)CNC(=O)c2ccc(Cl)c(Cl)c2)cc1. The molecule has 2 rings (SSSR count). The maximum Gasteiger partial charge on any atom is 0.259 e. The second-order valence-electron chi connectivity index (χ2n) is 5.88. The van der Waals surface area contributed by atoms with E-state index >= 15 is 0 Å². The van der Waals surface area contributed by atoms with E-state index in [1.807, 2.05) is 24.3 Å². The number of rotatable bonds is 9. The zero-order valence-electron chi connectivity index (χ0n) is 15.4. The fourth-order valence-corrected chi connectivity index (χ4v) is 2.40. The van der Waals surface area contributed by atoms with Crippen molar-refractivity contribution in [1.29, 1.82) is 0 Å². The van der Waals surface area contributed by atoms with E-state index in [0.717, 1.165) is 24.2 Å². The summed E-state index contributed by atoms with van der Waals surface area (Å²) in [5.41, 5.74) is 3.47. The Morgan fingerprint density at radius 2 is 1.86 bits per heavy atom. The molecule has 2 aromatic carbocycles. The second kappa shape index (κ2) is 11.3. The quantitative estimate of drug-likeness (QED) is 0.364. The smallest absolute Gasteiger partial charge is 0.259 e. The highest BCUT2D eigenvalue weighted by atomic mass is 35.5. The molecule has 0 saturated heterocycles. The van der Waals surface area contributed by atoms with E-state index in [9.17, 15) is 9.59 Å². The van der Waals surface area contributed by atoms with Gasteiger partial charge in [-0.05, 0) is 54.4 Å². The number of ether oxygens (including phenoxy) is 1. The molecule has 8 heteroatoms. The van der Waals surface area contributed by atoms with Crippen molar-refractivity contribution in [2.75, 3.05) is 13.2 Å². The van der Waals surface area contributed by atoms with Crippen molar-refractivity contribution >= 4 is 41.2 Å². The summed E-state index contributed by atoms with van der Waals surface area (Å²) in [6.45, 7) is 2.57. The van der Waals surface area contributed by atoms with Crippen LogP contribution in [0.1, 0.15) is 35.7 Å². The summed E-state index contributed by atoms with van der Waals surface area (Å²) in [6, 6.07) is 11.8. The molecule has 0 aliphatic heterocycles. The molecule has 0 aromatic heterocycles. The summed E-state index contributed by atoms with van der Waals surface area (Å²) >= 11 is 11.7. The van der Waals surface area contributed by atoms with E-state index in [0.29, 0.717) is 17.2 Å². The van der Waals surface area contributed by atoms with Crippen LogP contribution in [0.2, 0.25) is 10.0 Å². The van der Waals surface area contributed by atoms with E-state index in [1.165, 1.54) is 24.4 Å². The number of nitrogens with zero attached hydrogens (tertiary/aromatic N) is 1. The predicted molar refractivity (Wildman–Crippen MR) is 111 cm³/mol. The van der Waals surface area contributed by atoms with Crippen molar-refractivity contribution in [3.8, 4) is 5.75 Å². The molecule has 0 radical (unpaired) electrons. The van der Waals surface area contributed by atoms with Gasteiger partial charge in [-0.2, -0.15) is 5.10 Å². The maximum atomic E-state index is 12.0. The van der Waals surface area contributed by atoms with Crippen LogP contribution in [0.5, 0.6) is 5.75 Å². The molecule has 28 heavy (non-hydrogen) atoms. The zero-order valence-corrected chi connectivity index (χ0v) is 16.9. The lowest BCUT2D eigenvalue weighted by molar-refractivity contribution is -0.120. The first-order chi connectivity index (χ1) is 13.5. The van der Waals surface area contributed by atoms with Crippen molar-refractivity contribution in [2.45, 2.75) is 19.8 Å². The van der Waals surface area contributed by atoms with Crippen LogP contribution in [0.15, 0.2) is 47.6 Å². The van der Waals surface area contributed by atoms with E-state index < -0.39 is 11.8 Å². The molecule has 0 aliphatic rings. The van der Waals surface area contributed by atoms with Gasteiger partial charge < -0.3 is 10.1 Å². The lowest BCUT2D eigenvalue weighted by atomic mass is 10.2. The van der Waals surface area contributed by atoms with Crippen LogP contribution >= 0.6 is 23.2 Å². The standard InChI is InChI=1S/C20H21Cl2N3O3/c1-2-3-10-28-16-7-4-14(5-8-16)12-24-25-19(26)13-23-20(27)15-6-9-17(21)18(22)11-15/h4-9,11-12H,2-3,10,13H2,1H3,(H,23,27)(H,25,26). The number of amides is 2. The van der Waals surface area contributed by atoms with Gasteiger partial charge in [0, 0.05) is 5.56 Å². The summed E-state index contributed by atoms with van der Waals surface area (Å²) in [5, 5.41) is 6.97.